The summed E-state index contributed by atoms with van der Waals surface area (Å²) in [5.41, 5.74) is 1.40. The number of hydrogen-bond donors (Lipinski definition) is 0. The van der Waals surface area contributed by atoms with E-state index >= 15 is 0 Å². The van der Waals surface area contributed by atoms with Crippen LogP contribution < -0.4 is 4.74 Å². The molecular formula is C23H32N6O5S. The van der Waals surface area contributed by atoms with Gasteiger partial charge in [-0.25, -0.2) is 23.4 Å². The number of pyridine rings is 1. The molecule has 3 aromatic rings. The highest BCUT2D eigenvalue weighted by Gasteiger charge is 2.33. The van der Waals surface area contributed by atoms with Crippen molar-refractivity contribution >= 4 is 9.84 Å². The molecule has 0 saturated carbocycles. The first-order chi connectivity index (χ1) is 16.7. The summed E-state index contributed by atoms with van der Waals surface area (Å²) in [6.45, 7) is 5.88. The van der Waals surface area contributed by atoms with Gasteiger partial charge in [-0.3, -0.25) is 0 Å². The molecule has 0 aliphatic carbocycles. The van der Waals surface area contributed by atoms with Gasteiger partial charge in [0.1, 0.15) is 23.1 Å². The van der Waals surface area contributed by atoms with E-state index in [0.29, 0.717) is 23.2 Å². The molecule has 190 valence electrons. The van der Waals surface area contributed by atoms with Crippen LogP contribution in [-0.2, 0) is 25.1 Å². The van der Waals surface area contributed by atoms with Crippen LogP contribution in [0.3, 0.4) is 0 Å². The topological polar surface area (TPSA) is 131 Å². The van der Waals surface area contributed by atoms with Gasteiger partial charge in [0.2, 0.25) is 5.88 Å². The Balaban J connectivity index is 2.01. The normalized spacial score (nSPS) is 13.7. The summed E-state index contributed by atoms with van der Waals surface area (Å²) in [4.78, 5) is 13.1. The minimum atomic E-state index is -3.67. The van der Waals surface area contributed by atoms with Gasteiger partial charge in [0.25, 0.3) is 0 Å². The summed E-state index contributed by atoms with van der Waals surface area (Å²) in [5.74, 6) is 0.812. The van der Waals surface area contributed by atoms with E-state index in [2.05, 4.69) is 25.1 Å². The average Bonchev–Trinajstić information content (AvgIpc) is 3.26. The van der Waals surface area contributed by atoms with Gasteiger partial charge in [0.05, 0.1) is 31.6 Å². The van der Waals surface area contributed by atoms with Gasteiger partial charge in [0, 0.05) is 38.6 Å². The summed E-state index contributed by atoms with van der Waals surface area (Å²) in [6.07, 6.45) is 3.37. The van der Waals surface area contributed by atoms with E-state index < -0.39 is 21.0 Å². The van der Waals surface area contributed by atoms with Crippen LogP contribution in [0.15, 0.2) is 30.6 Å². The number of ether oxygens (including phenoxy) is 3. The van der Waals surface area contributed by atoms with E-state index in [-0.39, 0.29) is 30.8 Å². The SMILES string of the molecule is COCC(COC)n1c(CS(=O)(=O)[C@@H](C)[C@H](C)c2ncc(C)cn2)nnc1-c1cccc(OC)n1. The van der Waals surface area contributed by atoms with Crippen molar-refractivity contribution in [3.8, 4) is 17.4 Å². The lowest BCUT2D eigenvalue weighted by atomic mass is 10.1. The van der Waals surface area contributed by atoms with Crippen LogP contribution in [0, 0.1) is 6.92 Å². The zero-order valence-corrected chi connectivity index (χ0v) is 21.7. The smallest absolute Gasteiger partial charge is 0.213 e. The molecular weight excluding hydrogens is 472 g/mol. The minimum absolute atomic E-state index is 0.263. The van der Waals surface area contributed by atoms with Crippen LogP contribution in [0.4, 0.5) is 0 Å². The summed E-state index contributed by atoms with van der Waals surface area (Å²) in [6, 6.07) is 4.88. The fraction of sp³-hybridized carbons (Fsp3) is 0.522. The number of aryl methyl sites for hydroxylation is 1. The summed E-state index contributed by atoms with van der Waals surface area (Å²) in [5, 5.41) is 7.80. The molecule has 35 heavy (non-hydrogen) atoms. The molecule has 12 heteroatoms. The molecule has 0 unspecified atom stereocenters. The van der Waals surface area contributed by atoms with Crippen molar-refractivity contribution in [2.75, 3.05) is 34.5 Å². The molecule has 0 aliphatic rings. The summed E-state index contributed by atoms with van der Waals surface area (Å²) in [7, 11) is 0.989. The van der Waals surface area contributed by atoms with Crippen LogP contribution in [0.5, 0.6) is 5.88 Å². The molecule has 3 heterocycles. The number of hydrogen-bond acceptors (Lipinski definition) is 10. The van der Waals surface area contributed by atoms with Gasteiger partial charge in [0.15, 0.2) is 15.7 Å². The zero-order chi connectivity index (χ0) is 25.6. The maximum atomic E-state index is 13.5. The van der Waals surface area contributed by atoms with E-state index in [1.165, 1.54) is 7.11 Å². The maximum Gasteiger partial charge on any atom is 0.213 e. The van der Waals surface area contributed by atoms with Crippen LogP contribution in [0.25, 0.3) is 11.5 Å². The fourth-order valence-corrected chi connectivity index (χ4v) is 5.25. The Bertz CT molecular complexity index is 1210. The molecule has 0 amide bonds. The zero-order valence-electron chi connectivity index (χ0n) is 20.9. The Morgan fingerprint density at radius 3 is 2.26 bits per heavy atom. The Labute approximate surface area is 205 Å². The lowest BCUT2D eigenvalue weighted by molar-refractivity contribution is 0.0889. The lowest BCUT2D eigenvalue weighted by Gasteiger charge is -2.23. The van der Waals surface area contributed by atoms with Gasteiger partial charge in [-0.2, -0.15) is 0 Å². The quantitative estimate of drug-likeness (QED) is 0.362. The first-order valence-corrected chi connectivity index (χ1v) is 12.9. The van der Waals surface area contributed by atoms with Crippen molar-refractivity contribution in [1.82, 2.24) is 29.7 Å². The van der Waals surface area contributed by atoms with Crippen molar-refractivity contribution < 1.29 is 22.6 Å². The van der Waals surface area contributed by atoms with Gasteiger partial charge in [-0.1, -0.05) is 13.0 Å². The third-order valence-corrected chi connectivity index (χ3v) is 8.02. The van der Waals surface area contributed by atoms with Crippen molar-refractivity contribution in [2.45, 2.75) is 43.7 Å². The highest BCUT2D eigenvalue weighted by Crippen LogP contribution is 2.28. The lowest BCUT2D eigenvalue weighted by Crippen LogP contribution is -2.29. The van der Waals surface area contributed by atoms with E-state index in [4.69, 9.17) is 14.2 Å². The fourth-order valence-electron chi connectivity index (χ4n) is 3.69. The molecule has 0 N–H and O–H groups in total. The average molecular weight is 505 g/mol. The Morgan fingerprint density at radius 2 is 1.66 bits per heavy atom. The molecule has 0 aliphatic heterocycles. The predicted molar refractivity (Wildman–Crippen MR) is 130 cm³/mol. The third-order valence-electron chi connectivity index (χ3n) is 5.82. The van der Waals surface area contributed by atoms with Crippen LogP contribution in [0.1, 0.15) is 43.0 Å². The van der Waals surface area contributed by atoms with Crippen molar-refractivity contribution in [3.05, 3.63) is 47.8 Å². The molecule has 0 radical (unpaired) electrons. The molecule has 3 rings (SSSR count). The number of rotatable bonds is 12. The van der Waals surface area contributed by atoms with E-state index in [1.807, 2.05) is 13.8 Å². The predicted octanol–water partition coefficient (Wildman–Crippen LogP) is 2.39. The number of methoxy groups -OCH3 is 3. The van der Waals surface area contributed by atoms with E-state index in [1.54, 1.807) is 56.3 Å². The van der Waals surface area contributed by atoms with Crippen LogP contribution >= 0.6 is 0 Å². The monoisotopic (exact) mass is 504 g/mol. The second-order valence-corrected chi connectivity index (χ2v) is 10.7. The maximum absolute atomic E-state index is 13.5. The molecule has 0 aromatic carbocycles. The minimum Gasteiger partial charge on any atom is -0.481 e. The van der Waals surface area contributed by atoms with E-state index in [9.17, 15) is 8.42 Å². The summed E-state index contributed by atoms with van der Waals surface area (Å²) < 4.78 is 44.7. The molecule has 0 bridgehead atoms. The van der Waals surface area contributed by atoms with Crippen molar-refractivity contribution in [2.24, 2.45) is 0 Å². The molecule has 0 spiro atoms. The Morgan fingerprint density at radius 1 is 1.00 bits per heavy atom. The van der Waals surface area contributed by atoms with Crippen LogP contribution in [0.2, 0.25) is 0 Å². The van der Waals surface area contributed by atoms with Gasteiger partial charge in [-0.05, 0) is 25.5 Å². The molecule has 2 atom stereocenters. The first kappa shape index (κ1) is 26.6. The summed E-state index contributed by atoms with van der Waals surface area (Å²) >= 11 is 0. The second-order valence-electron chi connectivity index (χ2n) is 8.36. The van der Waals surface area contributed by atoms with E-state index in [0.717, 1.165) is 5.56 Å². The van der Waals surface area contributed by atoms with Crippen molar-refractivity contribution in [3.63, 3.8) is 0 Å². The number of nitrogens with zero attached hydrogens (tertiary/aromatic N) is 6. The molecule has 0 saturated heterocycles. The molecule has 3 aromatic heterocycles. The molecule has 0 fully saturated rings. The largest absolute Gasteiger partial charge is 0.481 e. The Hall–Kier alpha value is -2.96. The highest BCUT2D eigenvalue weighted by molar-refractivity contribution is 7.91. The molecule has 11 nitrogen and oxygen atoms in total. The number of sulfone groups is 1. The highest BCUT2D eigenvalue weighted by atomic mass is 32.2. The Kier molecular flexibility index (Phi) is 8.87. The van der Waals surface area contributed by atoms with Crippen molar-refractivity contribution in [1.29, 1.82) is 0 Å². The second kappa shape index (κ2) is 11.6. The van der Waals surface area contributed by atoms with Gasteiger partial charge < -0.3 is 18.8 Å². The van der Waals surface area contributed by atoms with Crippen LogP contribution in [-0.4, -0.2) is 77.9 Å². The number of aromatic nitrogens is 6. The first-order valence-electron chi connectivity index (χ1n) is 11.1. The standard InChI is InChI=1S/C23H32N6O5S/c1-15-10-24-22(25-11-15)16(2)17(3)35(30,31)14-20-27-28-23(19-8-7-9-21(26-19)34-6)29(20)18(12-32-4)13-33-5/h7-11,16-18H,12-14H2,1-6H3/t16-,17-/m0/s1. The van der Waals surface area contributed by atoms with Gasteiger partial charge >= 0.3 is 0 Å². The van der Waals surface area contributed by atoms with Gasteiger partial charge in [-0.15, -0.1) is 10.2 Å². The third kappa shape index (κ3) is 6.19.